The largest absolute Gasteiger partial charge is 0.303 e. The number of piperidine rings is 1. The summed E-state index contributed by atoms with van der Waals surface area (Å²) in [5.41, 5.74) is 1.14. The second-order valence-electron chi connectivity index (χ2n) is 8.12. The number of carbonyl (C=O) groups excluding carboxylic acids is 1. The van der Waals surface area contributed by atoms with Crippen LogP contribution in [0.1, 0.15) is 45.6 Å². The molecule has 0 aromatic heterocycles. The van der Waals surface area contributed by atoms with Gasteiger partial charge in [0.1, 0.15) is 5.78 Å². The van der Waals surface area contributed by atoms with Crippen LogP contribution in [0.15, 0.2) is 42.5 Å². The van der Waals surface area contributed by atoms with Crippen LogP contribution in [0, 0.1) is 5.92 Å². The molecule has 0 N–H and O–H groups in total. The molecular formula is C22H29NO. The van der Waals surface area contributed by atoms with Gasteiger partial charge in [0, 0.05) is 24.9 Å². The van der Waals surface area contributed by atoms with Gasteiger partial charge in [0.05, 0.1) is 0 Å². The van der Waals surface area contributed by atoms with Crippen LogP contribution in [0.4, 0.5) is 0 Å². The van der Waals surface area contributed by atoms with E-state index < -0.39 is 0 Å². The molecule has 1 saturated heterocycles. The normalized spacial score (nSPS) is 22.7. The van der Waals surface area contributed by atoms with E-state index in [1.165, 1.54) is 16.3 Å². The molecule has 0 amide bonds. The van der Waals surface area contributed by atoms with Crippen molar-refractivity contribution in [3.05, 3.63) is 48.0 Å². The Morgan fingerprint density at radius 1 is 1.12 bits per heavy atom. The molecular weight excluding hydrogens is 294 g/mol. The predicted molar refractivity (Wildman–Crippen MR) is 101 cm³/mol. The molecule has 128 valence electrons. The lowest BCUT2D eigenvalue weighted by Crippen LogP contribution is -2.42. The van der Waals surface area contributed by atoms with Gasteiger partial charge in [-0.05, 0) is 48.6 Å². The maximum atomic E-state index is 12.9. The number of Topliss-reactive ketones (excluding diaryl/α,β-unsaturated/α-hetero) is 1. The second-order valence-corrected chi connectivity index (χ2v) is 8.12. The first-order chi connectivity index (χ1) is 11.4. The fourth-order valence-corrected chi connectivity index (χ4v) is 4.04. The number of rotatable bonds is 4. The minimum absolute atomic E-state index is 0.139. The van der Waals surface area contributed by atoms with Gasteiger partial charge < -0.3 is 4.90 Å². The molecule has 3 rings (SSSR count). The number of carbonyl (C=O) groups is 1. The van der Waals surface area contributed by atoms with Crippen LogP contribution < -0.4 is 0 Å². The molecule has 0 bridgehead atoms. The van der Waals surface area contributed by atoms with E-state index in [0.29, 0.717) is 18.2 Å². The lowest BCUT2D eigenvalue weighted by molar-refractivity contribution is -0.125. The molecule has 1 fully saturated rings. The summed E-state index contributed by atoms with van der Waals surface area (Å²) in [6, 6.07) is 15.5. The summed E-state index contributed by atoms with van der Waals surface area (Å²) in [5.74, 6) is 0.618. The third-order valence-corrected chi connectivity index (χ3v) is 5.78. The van der Waals surface area contributed by atoms with Crippen molar-refractivity contribution in [2.75, 3.05) is 13.6 Å². The lowest BCUT2D eigenvalue weighted by Gasteiger charge is -2.36. The number of fused-ring (bicyclic) bond motifs is 1. The zero-order chi connectivity index (χ0) is 17.3. The molecule has 2 atom stereocenters. The molecule has 0 spiro atoms. The van der Waals surface area contributed by atoms with E-state index in [2.05, 4.69) is 75.2 Å². The Kier molecular flexibility index (Phi) is 4.78. The zero-order valence-corrected chi connectivity index (χ0v) is 15.4. The van der Waals surface area contributed by atoms with Crippen LogP contribution in [0.3, 0.4) is 0 Å². The number of likely N-dealkylation sites (tertiary alicyclic amines) is 1. The summed E-state index contributed by atoms with van der Waals surface area (Å²) in [5, 5.41) is 2.52. The minimum atomic E-state index is -0.139. The first kappa shape index (κ1) is 17.2. The molecule has 2 aromatic carbocycles. The Hall–Kier alpha value is -1.67. The molecule has 2 aromatic rings. The Morgan fingerprint density at radius 3 is 2.58 bits per heavy atom. The van der Waals surface area contributed by atoms with Crippen LogP contribution in [0.2, 0.25) is 0 Å². The third-order valence-electron chi connectivity index (χ3n) is 5.78. The van der Waals surface area contributed by atoms with Gasteiger partial charge in [0.25, 0.3) is 0 Å². The highest BCUT2D eigenvalue weighted by Crippen LogP contribution is 2.35. The van der Waals surface area contributed by atoms with Crippen LogP contribution in [-0.4, -0.2) is 30.3 Å². The molecule has 1 unspecified atom stereocenters. The van der Waals surface area contributed by atoms with E-state index in [4.69, 9.17) is 0 Å². The summed E-state index contributed by atoms with van der Waals surface area (Å²) < 4.78 is 0. The average Bonchev–Trinajstić information content (AvgIpc) is 2.56. The van der Waals surface area contributed by atoms with Crippen molar-refractivity contribution in [2.24, 2.45) is 5.92 Å². The molecule has 0 radical (unpaired) electrons. The van der Waals surface area contributed by atoms with Crippen molar-refractivity contribution in [3.63, 3.8) is 0 Å². The smallest absolute Gasteiger partial charge is 0.138 e. The van der Waals surface area contributed by atoms with Gasteiger partial charge in [-0.3, -0.25) is 4.79 Å². The Bertz CT molecular complexity index is 728. The van der Waals surface area contributed by atoms with Crippen molar-refractivity contribution < 1.29 is 4.79 Å². The maximum Gasteiger partial charge on any atom is 0.138 e. The monoisotopic (exact) mass is 323 g/mol. The number of nitrogens with zero attached hydrogens (tertiary/aromatic N) is 1. The van der Waals surface area contributed by atoms with Crippen molar-refractivity contribution in [1.82, 2.24) is 4.90 Å². The fourth-order valence-electron chi connectivity index (χ4n) is 4.04. The van der Waals surface area contributed by atoms with Crippen molar-refractivity contribution in [1.29, 1.82) is 0 Å². The minimum Gasteiger partial charge on any atom is -0.303 e. The molecule has 2 nitrogen and oxygen atoms in total. The molecule has 24 heavy (non-hydrogen) atoms. The summed E-state index contributed by atoms with van der Waals surface area (Å²) in [7, 11) is 2.14. The van der Waals surface area contributed by atoms with E-state index in [-0.39, 0.29) is 11.3 Å². The molecule has 0 saturated carbocycles. The first-order valence-electron chi connectivity index (χ1n) is 9.10. The van der Waals surface area contributed by atoms with Gasteiger partial charge in [-0.1, -0.05) is 56.3 Å². The highest BCUT2D eigenvalue weighted by Gasteiger charge is 2.32. The molecule has 1 aliphatic heterocycles. The molecule has 1 heterocycles. The summed E-state index contributed by atoms with van der Waals surface area (Å²) in [4.78, 5) is 15.3. The topological polar surface area (TPSA) is 20.3 Å². The first-order valence-corrected chi connectivity index (χ1v) is 9.10. The predicted octanol–water partition coefficient (Wildman–Crippen LogP) is 4.81. The number of ketones is 1. The molecule has 0 aliphatic carbocycles. The van der Waals surface area contributed by atoms with Gasteiger partial charge in [-0.25, -0.2) is 0 Å². The third kappa shape index (κ3) is 3.39. The van der Waals surface area contributed by atoms with Gasteiger partial charge in [-0.2, -0.15) is 0 Å². The van der Waals surface area contributed by atoms with Crippen LogP contribution in [0.25, 0.3) is 10.8 Å². The fraction of sp³-hybridized carbons (Fsp3) is 0.500. The summed E-state index contributed by atoms with van der Waals surface area (Å²) >= 11 is 0. The Morgan fingerprint density at radius 2 is 1.83 bits per heavy atom. The van der Waals surface area contributed by atoms with Crippen LogP contribution >= 0.6 is 0 Å². The van der Waals surface area contributed by atoms with Crippen molar-refractivity contribution in [3.8, 4) is 0 Å². The Labute approximate surface area is 145 Å². The second kappa shape index (κ2) is 6.68. The Balaban J connectivity index is 1.81. The van der Waals surface area contributed by atoms with Gasteiger partial charge in [-0.15, -0.1) is 0 Å². The highest BCUT2D eigenvalue weighted by atomic mass is 16.1. The van der Waals surface area contributed by atoms with Gasteiger partial charge in [0.2, 0.25) is 0 Å². The standard InChI is InChI=1S/C22H29NO/c1-16-12-13-18(15-23(16)4)21(24)14-22(2,3)20-11-7-9-17-8-5-6-10-19(17)20/h5-11,16,18H,12-15H2,1-4H3/t16-,18?/m1/s1. The SMILES string of the molecule is C[C@@H]1CCC(C(=O)CC(C)(C)c2cccc3ccccc23)CN1C. The quantitative estimate of drug-likeness (QED) is 0.805. The van der Waals surface area contributed by atoms with E-state index >= 15 is 0 Å². The van der Waals surface area contributed by atoms with Crippen LogP contribution in [0.5, 0.6) is 0 Å². The maximum absolute atomic E-state index is 12.9. The summed E-state index contributed by atoms with van der Waals surface area (Å²) in [6.07, 6.45) is 2.78. The van der Waals surface area contributed by atoms with E-state index in [0.717, 1.165) is 19.4 Å². The molecule has 1 aliphatic rings. The van der Waals surface area contributed by atoms with E-state index in [1.807, 2.05) is 0 Å². The van der Waals surface area contributed by atoms with E-state index in [9.17, 15) is 4.79 Å². The van der Waals surface area contributed by atoms with Crippen molar-refractivity contribution in [2.45, 2.75) is 51.5 Å². The summed E-state index contributed by atoms with van der Waals surface area (Å²) in [6.45, 7) is 7.58. The highest BCUT2D eigenvalue weighted by molar-refractivity contribution is 5.88. The number of hydrogen-bond donors (Lipinski definition) is 0. The number of benzene rings is 2. The lowest BCUT2D eigenvalue weighted by atomic mass is 9.75. The molecule has 2 heteroatoms. The number of hydrogen-bond acceptors (Lipinski definition) is 2. The van der Waals surface area contributed by atoms with Crippen molar-refractivity contribution >= 4 is 16.6 Å². The zero-order valence-electron chi connectivity index (χ0n) is 15.4. The average molecular weight is 323 g/mol. The van der Waals surface area contributed by atoms with Crippen LogP contribution in [-0.2, 0) is 10.2 Å². The van der Waals surface area contributed by atoms with Gasteiger partial charge in [0.15, 0.2) is 0 Å². The van der Waals surface area contributed by atoms with Gasteiger partial charge >= 0.3 is 0 Å². The van der Waals surface area contributed by atoms with E-state index in [1.54, 1.807) is 0 Å².